The highest BCUT2D eigenvalue weighted by atomic mass is 35.5. The van der Waals surface area contributed by atoms with Gasteiger partial charge in [0.2, 0.25) is 0 Å². The van der Waals surface area contributed by atoms with Crippen molar-refractivity contribution in [3.05, 3.63) is 111 Å². The molecule has 32 heavy (non-hydrogen) atoms. The van der Waals surface area contributed by atoms with Crippen LogP contribution in [0.25, 0.3) is 26.3 Å². The van der Waals surface area contributed by atoms with E-state index in [9.17, 15) is 4.79 Å². The molecule has 0 fully saturated rings. The van der Waals surface area contributed by atoms with Crippen LogP contribution >= 0.6 is 46.3 Å². The van der Waals surface area contributed by atoms with Gasteiger partial charge in [0, 0.05) is 10.6 Å². The van der Waals surface area contributed by atoms with Gasteiger partial charge < -0.3 is 0 Å². The summed E-state index contributed by atoms with van der Waals surface area (Å²) in [6.45, 7) is 0. The Hall–Kier alpha value is -2.57. The Balaban J connectivity index is 1.62. The maximum atomic E-state index is 13.6. The van der Waals surface area contributed by atoms with E-state index in [0.717, 1.165) is 26.5 Å². The molecule has 0 aliphatic heterocycles. The van der Waals surface area contributed by atoms with Crippen molar-refractivity contribution in [2.45, 2.75) is 10.9 Å². The van der Waals surface area contributed by atoms with Gasteiger partial charge in [-0.1, -0.05) is 89.6 Å². The molecular weight excluding hydrogens is 479 g/mol. The number of halogens is 2. The number of thiophene rings is 1. The number of fused-ring (bicyclic) bond motifs is 1. The second-order valence-electron chi connectivity index (χ2n) is 7.10. The summed E-state index contributed by atoms with van der Waals surface area (Å²) in [5.41, 5.74) is 2.80. The number of rotatable bonds is 5. The summed E-state index contributed by atoms with van der Waals surface area (Å²) >= 11 is 15.3. The molecule has 5 aromatic rings. The molecular formula is C25H16Cl2N2OS2. The summed E-state index contributed by atoms with van der Waals surface area (Å²) < 4.78 is 1.69. The number of para-hydroxylation sites is 1. The minimum Gasteiger partial charge on any atom is -0.268 e. The van der Waals surface area contributed by atoms with Crippen molar-refractivity contribution in [3.63, 3.8) is 0 Å². The van der Waals surface area contributed by atoms with E-state index in [-0.39, 0.29) is 5.56 Å². The first kappa shape index (κ1) is 21.3. The molecule has 0 saturated carbocycles. The molecule has 0 radical (unpaired) electrons. The molecule has 0 aliphatic rings. The zero-order valence-corrected chi connectivity index (χ0v) is 19.8. The lowest BCUT2D eigenvalue weighted by Crippen LogP contribution is -2.21. The fraction of sp³-hybridized carbons (Fsp3) is 0.0400. The summed E-state index contributed by atoms with van der Waals surface area (Å²) in [6.07, 6.45) is 0. The predicted molar refractivity (Wildman–Crippen MR) is 137 cm³/mol. The van der Waals surface area contributed by atoms with Crippen LogP contribution in [-0.2, 0) is 5.75 Å². The predicted octanol–water partition coefficient (Wildman–Crippen LogP) is 7.71. The largest absolute Gasteiger partial charge is 0.268 e. The van der Waals surface area contributed by atoms with Crippen LogP contribution in [-0.4, -0.2) is 9.55 Å². The topological polar surface area (TPSA) is 34.9 Å². The minimum atomic E-state index is -0.0729. The molecule has 7 heteroatoms. The van der Waals surface area contributed by atoms with Crippen molar-refractivity contribution in [3.8, 4) is 16.1 Å². The third-order valence-corrected chi connectivity index (χ3v) is 7.79. The highest BCUT2D eigenvalue weighted by Crippen LogP contribution is 2.34. The third-order valence-electron chi connectivity index (χ3n) is 4.96. The Labute approximate surface area is 203 Å². The van der Waals surface area contributed by atoms with Gasteiger partial charge in [0.05, 0.1) is 21.1 Å². The van der Waals surface area contributed by atoms with Crippen LogP contribution in [0.4, 0.5) is 0 Å². The number of hydrogen-bond donors (Lipinski definition) is 0. The Morgan fingerprint density at radius 3 is 2.31 bits per heavy atom. The van der Waals surface area contributed by atoms with Gasteiger partial charge in [-0.05, 0) is 41.5 Å². The van der Waals surface area contributed by atoms with Crippen molar-refractivity contribution in [1.29, 1.82) is 0 Å². The lowest BCUT2D eigenvalue weighted by atomic mass is 10.2. The fourth-order valence-corrected chi connectivity index (χ4v) is 5.74. The summed E-state index contributed by atoms with van der Waals surface area (Å²) in [7, 11) is 0. The molecule has 0 spiro atoms. The van der Waals surface area contributed by atoms with Crippen LogP contribution in [0, 0.1) is 0 Å². The molecule has 0 saturated heterocycles. The molecule has 158 valence electrons. The first-order chi connectivity index (χ1) is 15.6. The minimum absolute atomic E-state index is 0.0729. The Kier molecular flexibility index (Phi) is 6.07. The zero-order chi connectivity index (χ0) is 22.1. The van der Waals surface area contributed by atoms with Crippen LogP contribution < -0.4 is 5.56 Å². The molecule has 2 aromatic heterocycles. The standard InChI is InChI=1S/C25H16Cl2N2OS2/c26-20-12-11-16(13-21(20)27)15-31-25-28-23-19(14-22(32-23)17-7-3-1-4-8-17)24(30)29(25)18-9-5-2-6-10-18/h1-14H,15H2. The molecule has 0 atom stereocenters. The van der Waals surface area contributed by atoms with Gasteiger partial charge in [0.1, 0.15) is 4.83 Å². The van der Waals surface area contributed by atoms with E-state index < -0.39 is 0 Å². The van der Waals surface area contributed by atoms with E-state index in [0.29, 0.717) is 26.3 Å². The maximum Gasteiger partial charge on any atom is 0.267 e. The molecule has 0 amide bonds. The molecule has 0 N–H and O–H groups in total. The number of thioether (sulfide) groups is 1. The van der Waals surface area contributed by atoms with E-state index >= 15 is 0 Å². The quantitative estimate of drug-likeness (QED) is 0.185. The molecule has 0 aliphatic carbocycles. The van der Waals surface area contributed by atoms with E-state index in [1.54, 1.807) is 10.6 Å². The maximum absolute atomic E-state index is 13.6. The number of aromatic nitrogens is 2. The van der Waals surface area contributed by atoms with Crippen molar-refractivity contribution in [2.75, 3.05) is 0 Å². The van der Waals surface area contributed by atoms with Gasteiger partial charge in [0.15, 0.2) is 5.16 Å². The van der Waals surface area contributed by atoms with Crippen LogP contribution in [0.5, 0.6) is 0 Å². The molecule has 3 nitrogen and oxygen atoms in total. The fourth-order valence-electron chi connectivity index (χ4n) is 3.39. The summed E-state index contributed by atoms with van der Waals surface area (Å²) in [4.78, 5) is 20.2. The van der Waals surface area contributed by atoms with Crippen molar-refractivity contribution in [2.24, 2.45) is 0 Å². The average molecular weight is 495 g/mol. The van der Waals surface area contributed by atoms with Crippen LogP contribution in [0.2, 0.25) is 10.0 Å². The first-order valence-electron chi connectivity index (χ1n) is 9.84. The van der Waals surface area contributed by atoms with Gasteiger partial charge in [-0.3, -0.25) is 9.36 Å². The Morgan fingerprint density at radius 1 is 0.875 bits per heavy atom. The smallest absolute Gasteiger partial charge is 0.267 e. The van der Waals surface area contributed by atoms with E-state index in [4.69, 9.17) is 28.2 Å². The zero-order valence-electron chi connectivity index (χ0n) is 16.7. The van der Waals surface area contributed by atoms with E-state index in [2.05, 4.69) is 0 Å². The van der Waals surface area contributed by atoms with Gasteiger partial charge in [-0.25, -0.2) is 4.98 Å². The second-order valence-corrected chi connectivity index (χ2v) is 9.89. The van der Waals surface area contributed by atoms with Gasteiger partial charge in [0.25, 0.3) is 5.56 Å². The number of hydrogen-bond acceptors (Lipinski definition) is 4. The lowest BCUT2D eigenvalue weighted by Gasteiger charge is -2.12. The van der Waals surface area contributed by atoms with Crippen LogP contribution in [0.15, 0.2) is 94.9 Å². The van der Waals surface area contributed by atoms with Gasteiger partial charge in [-0.2, -0.15) is 0 Å². The first-order valence-corrected chi connectivity index (χ1v) is 12.4. The number of benzene rings is 3. The van der Waals surface area contributed by atoms with Crippen molar-refractivity contribution in [1.82, 2.24) is 9.55 Å². The van der Waals surface area contributed by atoms with Crippen molar-refractivity contribution >= 4 is 56.5 Å². The highest BCUT2D eigenvalue weighted by molar-refractivity contribution is 7.98. The highest BCUT2D eigenvalue weighted by Gasteiger charge is 2.17. The third kappa shape index (κ3) is 4.21. The summed E-state index contributed by atoms with van der Waals surface area (Å²) in [5.74, 6) is 0.610. The average Bonchev–Trinajstić information content (AvgIpc) is 3.26. The van der Waals surface area contributed by atoms with Gasteiger partial charge >= 0.3 is 0 Å². The molecule has 2 heterocycles. The summed E-state index contributed by atoms with van der Waals surface area (Å²) in [6, 6.07) is 27.2. The van der Waals surface area contributed by atoms with Gasteiger partial charge in [-0.15, -0.1) is 11.3 Å². The summed E-state index contributed by atoms with van der Waals surface area (Å²) in [5, 5.41) is 2.30. The molecule has 0 unspecified atom stereocenters. The molecule has 3 aromatic carbocycles. The molecule has 0 bridgehead atoms. The number of nitrogens with zero attached hydrogens (tertiary/aromatic N) is 2. The monoisotopic (exact) mass is 494 g/mol. The normalized spacial score (nSPS) is 11.2. The van der Waals surface area contributed by atoms with Crippen molar-refractivity contribution < 1.29 is 0 Å². The molecule has 5 rings (SSSR count). The lowest BCUT2D eigenvalue weighted by molar-refractivity contribution is 0.822. The SMILES string of the molecule is O=c1c2cc(-c3ccccc3)sc2nc(SCc2ccc(Cl)c(Cl)c2)n1-c1ccccc1. The van der Waals surface area contributed by atoms with E-state index in [1.807, 2.05) is 78.9 Å². The van der Waals surface area contributed by atoms with Crippen LogP contribution in [0.3, 0.4) is 0 Å². The van der Waals surface area contributed by atoms with E-state index in [1.165, 1.54) is 23.1 Å². The Bertz CT molecular complexity index is 1460. The second kappa shape index (κ2) is 9.12. The van der Waals surface area contributed by atoms with Crippen LogP contribution in [0.1, 0.15) is 5.56 Å². The Morgan fingerprint density at radius 2 is 1.59 bits per heavy atom.